The van der Waals surface area contributed by atoms with Gasteiger partial charge in [-0.1, -0.05) is 31.0 Å². The van der Waals surface area contributed by atoms with Crippen molar-refractivity contribution in [2.45, 2.75) is 38.1 Å². The molecule has 3 unspecified atom stereocenters. The van der Waals surface area contributed by atoms with Gasteiger partial charge in [-0.05, 0) is 37.3 Å². The molecule has 0 spiro atoms. The summed E-state index contributed by atoms with van der Waals surface area (Å²) in [5.74, 6) is 0.709. The molecule has 1 saturated heterocycles. The number of carbonyl (C=O) groups excluding carboxylic acids is 1. The first-order chi connectivity index (χ1) is 11.8. The van der Waals surface area contributed by atoms with Gasteiger partial charge < -0.3 is 20.6 Å². The van der Waals surface area contributed by atoms with Crippen molar-refractivity contribution in [3.8, 4) is 0 Å². The summed E-state index contributed by atoms with van der Waals surface area (Å²) in [6, 6.07) is 10.5. The molecule has 3 rings (SSSR count). The van der Waals surface area contributed by atoms with Gasteiger partial charge in [0.15, 0.2) is 0 Å². The van der Waals surface area contributed by atoms with Crippen LogP contribution in [0.3, 0.4) is 0 Å². The molecule has 2 aliphatic rings. The van der Waals surface area contributed by atoms with Crippen LogP contribution in [0.5, 0.6) is 0 Å². The van der Waals surface area contributed by atoms with E-state index in [1.807, 2.05) is 6.07 Å². The largest absolute Gasteiger partial charge is 0.396 e. The highest BCUT2D eigenvalue weighted by Crippen LogP contribution is 2.24. The number of nitrogens with zero attached hydrogens (tertiary/aromatic N) is 1. The lowest BCUT2D eigenvalue weighted by Gasteiger charge is -2.31. The van der Waals surface area contributed by atoms with Gasteiger partial charge in [-0.3, -0.25) is 0 Å². The van der Waals surface area contributed by atoms with Crippen LogP contribution in [0.4, 0.5) is 10.5 Å². The standard InChI is InChI=1S/C19H29N3O2/c23-14-16-6-4-5-9-18(16)21-19(24)20-12-15-10-11-22(13-15)17-7-2-1-3-8-17/h1-3,7-8,15-16,18,23H,4-6,9-14H2,(H2,20,21,24). The average molecular weight is 331 g/mol. The number of hydrogen-bond acceptors (Lipinski definition) is 3. The van der Waals surface area contributed by atoms with Crippen molar-refractivity contribution in [2.24, 2.45) is 11.8 Å². The van der Waals surface area contributed by atoms with Gasteiger partial charge in [-0.2, -0.15) is 0 Å². The number of anilines is 1. The fourth-order valence-corrected chi connectivity index (χ4v) is 3.95. The van der Waals surface area contributed by atoms with E-state index in [4.69, 9.17) is 0 Å². The molecule has 2 amide bonds. The van der Waals surface area contributed by atoms with Gasteiger partial charge in [0.25, 0.3) is 0 Å². The predicted octanol–water partition coefficient (Wildman–Crippen LogP) is 2.36. The molecule has 2 fully saturated rings. The van der Waals surface area contributed by atoms with Gasteiger partial charge in [0.05, 0.1) is 0 Å². The number of aliphatic hydroxyl groups is 1. The van der Waals surface area contributed by atoms with E-state index in [9.17, 15) is 9.90 Å². The zero-order valence-electron chi connectivity index (χ0n) is 14.3. The summed E-state index contributed by atoms with van der Waals surface area (Å²) < 4.78 is 0. The number of carbonyl (C=O) groups is 1. The number of nitrogens with one attached hydrogen (secondary N) is 2. The molecule has 3 N–H and O–H groups in total. The number of rotatable bonds is 5. The molecular formula is C19H29N3O2. The van der Waals surface area contributed by atoms with Crippen LogP contribution in [0.2, 0.25) is 0 Å². The minimum atomic E-state index is -0.0847. The van der Waals surface area contributed by atoms with Crippen molar-refractivity contribution in [2.75, 3.05) is 31.1 Å². The summed E-state index contributed by atoms with van der Waals surface area (Å²) in [6.07, 6.45) is 5.39. The molecule has 1 saturated carbocycles. The Balaban J connectivity index is 1.40. The Morgan fingerprint density at radius 2 is 1.96 bits per heavy atom. The van der Waals surface area contributed by atoms with Crippen LogP contribution in [0.15, 0.2) is 30.3 Å². The third-order valence-electron chi connectivity index (χ3n) is 5.42. The highest BCUT2D eigenvalue weighted by atomic mass is 16.3. The quantitative estimate of drug-likeness (QED) is 0.776. The smallest absolute Gasteiger partial charge is 0.315 e. The van der Waals surface area contributed by atoms with E-state index in [-0.39, 0.29) is 24.6 Å². The Morgan fingerprint density at radius 3 is 2.75 bits per heavy atom. The van der Waals surface area contributed by atoms with Crippen LogP contribution in [0.25, 0.3) is 0 Å². The second-order valence-electron chi connectivity index (χ2n) is 7.12. The lowest BCUT2D eigenvalue weighted by Crippen LogP contribution is -2.48. The summed E-state index contributed by atoms with van der Waals surface area (Å²) in [5, 5.41) is 15.5. The van der Waals surface area contributed by atoms with Crippen LogP contribution in [0, 0.1) is 11.8 Å². The van der Waals surface area contributed by atoms with Crippen LogP contribution < -0.4 is 15.5 Å². The number of aliphatic hydroxyl groups excluding tert-OH is 1. The summed E-state index contributed by atoms with van der Waals surface area (Å²) in [6.45, 7) is 2.92. The minimum Gasteiger partial charge on any atom is -0.396 e. The van der Waals surface area contributed by atoms with E-state index in [2.05, 4.69) is 39.8 Å². The monoisotopic (exact) mass is 331 g/mol. The molecule has 5 nitrogen and oxygen atoms in total. The molecule has 1 aliphatic heterocycles. The maximum absolute atomic E-state index is 12.2. The van der Waals surface area contributed by atoms with E-state index in [1.165, 1.54) is 5.69 Å². The molecule has 5 heteroatoms. The van der Waals surface area contributed by atoms with Gasteiger partial charge in [0.2, 0.25) is 0 Å². The second-order valence-corrected chi connectivity index (χ2v) is 7.12. The molecular weight excluding hydrogens is 302 g/mol. The molecule has 3 atom stereocenters. The molecule has 0 radical (unpaired) electrons. The van der Waals surface area contributed by atoms with Crippen molar-refractivity contribution in [3.05, 3.63) is 30.3 Å². The van der Waals surface area contributed by atoms with Gasteiger partial charge in [0.1, 0.15) is 0 Å². The minimum absolute atomic E-state index is 0.0847. The van der Waals surface area contributed by atoms with E-state index in [0.29, 0.717) is 12.5 Å². The Hall–Kier alpha value is -1.75. The molecule has 1 aliphatic carbocycles. The second kappa shape index (κ2) is 8.38. The number of amides is 2. The first-order valence-corrected chi connectivity index (χ1v) is 9.21. The lowest BCUT2D eigenvalue weighted by atomic mass is 9.85. The third-order valence-corrected chi connectivity index (χ3v) is 5.42. The Labute approximate surface area is 144 Å². The average Bonchev–Trinajstić information content (AvgIpc) is 3.10. The fraction of sp³-hybridized carbons (Fsp3) is 0.632. The molecule has 1 aromatic carbocycles. The summed E-state index contributed by atoms with van der Waals surface area (Å²) >= 11 is 0. The Bertz CT molecular complexity index is 523. The van der Waals surface area contributed by atoms with Crippen LogP contribution in [-0.2, 0) is 0 Å². The van der Waals surface area contributed by atoms with E-state index < -0.39 is 0 Å². The summed E-state index contributed by atoms with van der Waals surface area (Å²) in [7, 11) is 0. The molecule has 0 aromatic heterocycles. The van der Waals surface area contributed by atoms with Crippen LogP contribution in [0.1, 0.15) is 32.1 Å². The van der Waals surface area contributed by atoms with E-state index in [1.54, 1.807) is 0 Å². The molecule has 24 heavy (non-hydrogen) atoms. The van der Waals surface area contributed by atoms with Crippen molar-refractivity contribution in [1.29, 1.82) is 0 Å². The topological polar surface area (TPSA) is 64.6 Å². The van der Waals surface area contributed by atoms with E-state index >= 15 is 0 Å². The third kappa shape index (κ3) is 4.41. The molecule has 132 valence electrons. The summed E-state index contributed by atoms with van der Waals surface area (Å²) in [4.78, 5) is 14.5. The van der Waals surface area contributed by atoms with Crippen LogP contribution in [-0.4, -0.2) is 43.4 Å². The SMILES string of the molecule is O=C(NCC1CCN(c2ccccc2)C1)NC1CCCCC1CO. The van der Waals surface area contributed by atoms with Crippen molar-refractivity contribution in [1.82, 2.24) is 10.6 Å². The zero-order chi connectivity index (χ0) is 16.8. The maximum atomic E-state index is 12.2. The van der Waals surface area contributed by atoms with Crippen molar-refractivity contribution < 1.29 is 9.90 Å². The normalized spacial score (nSPS) is 27.0. The van der Waals surface area contributed by atoms with Crippen molar-refractivity contribution >= 4 is 11.7 Å². The van der Waals surface area contributed by atoms with Crippen molar-refractivity contribution in [3.63, 3.8) is 0 Å². The number of para-hydroxylation sites is 1. The first kappa shape index (κ1) is 17.1. The highest BCUT2D eigenvalue weighted by Gasteiger charge is 2.27. The van der Waals surface area contributed by atoms with Gasteiger partial charge in [-0.25, -0.2) is 4.79 Å². The summed E-state index contributed by atoms with van der Waals surface area (Å²) in [5.41, 5.74) is 1.26. The Morgan fingerprint density at radius 1 is 1.17 bits per heavy atom. The van der Waals surface area contributed by atoms with Gasteiger partial charge >= 0.3 is 6.03 Å². The first-order valence-electron chi connectivity index (χ1n) is 9.21. The number of benzene rings is 1. The molecule has 1 heterocycles. The van der Waals surface area contributed by atoms with Crippen LogP contribution >= 0.6 is 0 Å². The lowest BCUT2D eigenvalue weighted by molar-refractivity contribution is 0.153. The molecule has 1 aromatic rings. The zero-order valence-corrected chi connectivity index (χ0v) is 14.3. The highest BCUT2D eigenvalue weighted by molar-refractivity contribution is 5.74. The number of hydrogen-bond donors (Lipinski definition) is 3. The molecule has 0 bridgehead atoms. The Kier molecular flexibility index (Phi) is 5.96. The van der Waals surface area contributed by atoms with E-state index in [0.717, 1.165) is 45.2 Å². The predicted molar refractivity (Wildman–Crippen MR) is 96.1 cm³/mol. The maximum Gasteiger partial charge on any atom is 0.315 e. The van der Waals surface area contributed by atoms with Gasteiger partial charge in [0, 0.05) is 43.9 Å². The number of urea groups is 1. The fourth-order valence-electron chi connectivity index (χ4n) is 3.95. The van der Waals surface area contributed by atoms with Gasteiger partial charge in [-0.15, -0.1) is 0 Å².